The van der Waals surface area contributed by atoms with Gasteiger partial charge in [-0.3, -0.25) is 4.79 Å². The zero-order valence-electron chi connectivity index (χ0n) is 11.2. The second-order valence-electron chi connectivity index (χ2n) is 5.73. The molecule has 1 aromatic rings. The lowest BCUT2D eigenvalue weighted by molar-refractivity contribution is -0.122. The average Bonchev–Trinajstić information content (AvgIpc) is 3.13. The van der Waals surface area contributed by atoms with Gasteiger partial charge in [0, 0.05) is 35.9 Å². The molecule has 108 valence electrons. The Hall–Kier alpha value is -0.910. The van der Waals surface area contributed by atoms with Crippen molar-refractivity contribution in [2.75, 3.05) is 19.6 Å². The molecule has 2 aliphatic rings. The molecule has 1 aliphatic heterocycles. The van der Waals surface area contributed by atoms with Crippen molar-refractivity contribution in [3.8, 4) is 0 Å². The lowest BCUT2D eigenvalue weighted by Crippen LogP contribution is -2.35. The number of rotatable bonds is 4. The maximum atomic E-state index is 12.1. The largest absolute Gasteiger partial charge is 0.391 e. The number of halogens is 1. The van der Waals surface area contributed by atoms with Crippen LogP contribution in [0.3, 0.4) is 0 Å². The topological polar surface area (TPSA) is 61.4 Å². The Labute approximate surface area is 127 Å². The van der Waals surface area contributed by atoms with Crippen LogP contribution in [0.5, 0.6) is 0 Å². The number of benzene rings is 1. The third kappa shape index (κ3) is 3.05. The SMILES string of the molecule is O=C(NCC1CNCC1O)C1CC1c1cccc(Br)c1. The number of carbonyl (C=O) groups excluding carboxylic acids is 1. The van der Waals surface area contributed by atoms with Gasteiger partial charge in [-0.25, -0.2) is 0 Å². The maximum absolute atomic E-state index is 12.1. The van der Waals surface area contributed by atoms with Crippen molar-refractivity contribution in [3.63, 3.8) is 0 Å². The van der Waals surface area contributed by atoms with Crippen molar-refractivity contribution in [1.29, 1.82) is 0 Å². The predicted octanol–water partition coefficient (Wildman–Crippen LogP) is 1.25. The molecule has 1 amide bonds. The van der Waals surface area contributed by atoms with E-state index in [1.807, 2.05) is 12.1 Å². The van der Waals surface area contributed by atoms with Crippen molar-refractivity contribution in [1.82, 2.24) is 10.6 Å². The van der Waals surface area contributed by atoms with E-state index in [9.17, 15) is 9.90 Å². The summed E-state index contributed by atoms with van der Waals surface area (Å²) in [5.74, 6) is 0.700. The van der Waals surface area contributed by atoms with Gasteiger partial charge in [0.25, 0.3) is 0 Å². The highest BCUT2D eigenvalue weighted by Gasteiger charge is 2.44. The van der Waals surface area contributed by atoms with Crippen LogP contribution in [-0.2, 0) is 4.79 Å². The highest BCUT2D eigenvalue weighted by Crippen LogP contribution is 2.47. The molecule has 3 rings (SSSR count). The second kappa shape index (κ2) is 5.84. The molecule has 4 unspecified atom stereocenters. The molecule has 4 nitrogen and oxygen atoms in total. The van der Waals surface area contributed by atoms with Crippen molar-refractivity contribution >= 4 is 21.8 Å². The van der Waals surface area contributed by atoms with Crippen molar-refractivity contribution in [3.05, 3.63) is 34.3 Å². The number of aliphatic hydroxyl groups is 1. The molecule has 5 heteroatoms. The molecule has 0 radical (unpaired) electrons. The summed E-state index contributed by atoms with van der Waals surface area (Å²) in [6.07, 6.45) is 0.587. The molecule has 1 saturated heterocycles. The molecular formula is C15H19BrN2O2. The van der Waals surface area contributed by atoms with Crippen LogP contribution >= 0.6 is 15.9 Å². The van der Waals surface area contributed by atoms with Gasteiger partial charge >= 0.3 is 0 Å². The van der Waals surface area contributed by atoms with E-state index in [1.54, 1.807) is 0 Å². The van der Waals surface area contributed by atoms with Crippen LogP contribution in [0.25, 0.3) is 0 Å². The fourth-order valence-corrected chi connectivity index (χ4v) is 3.30. The standard InChI is InChI=1S/C15H19BrN2O2/c16-11-3-1-2-9(4-11)12-5-13(12)15(20)18-7-10-6-17-8-14(10)19/h1-4,10,12-14,17,19H,5-8H2,(H,18,20). The van der Waals surface area contributed by atoms with Gasteiger partial charge in [0.15, 0.2) is 0 Å². The lowest BCUT2D eigenvalue weighted by Gasteiger charge is -2.14. The first-order valence-electron chi connectivity index (χ1n) is 7.07. The van der Waals surface area contributed by atoms with Crippen LogP contribution in [0.15, 0.2) is 28.7 Å². The van der Waals surface area contributed by atoms with Gasteiger partial charge in [-0.05, 0) is 30.0 Å². The van der Waals surface area contributed by atoms with E-state index in [1.165, 1.54) is 5.56 Å². The van der Waals surface area contributed by atoms with E-state index < -0.39 is 0 Å². The van der Waals surface area contributed by atoms with Gasteiger partial charge in [0.1, 0.15) is 0 Å². The summed E-state index contributed by atoms with van der Waals surface area (Å²) in [7, 11) is 0. The average molecular weight is 339 g/mol. The van der Waals surface area contributed by atoms with E-state index >= 15 is 0 Å². The van der Waals surface area contributed by atoms with E-state index in [-0.39, 0.29) is 23.8 Å². The summed E-state index contributed by atoms with van der Waals surface area (Å²) in [6.45, 7) is 1.97. The molecule has 0 bridgehead atoms. The third-order valence-electron chi connectivity index (χ3n) is 4.25. The van der Waals surface area contributed by atoms with Crippen molar-refractivity contribution < 1.29 is 9.90 Å². The van der Waals surface area contributed by atoms with Crippen LogP contribution in [0.4, 0.5) is 0 Å². The molecule has 0 aromatic heterocycles. The maximum Gasteiger partial charge on any atom is 0.223 e. The Morgan fingerprint density at radius 3 is 3.00 bits per heavy atom. The second-order valence-corrected chi connectivity index (χ2v) is 6.65. The zero-order chi connectivity index (χ0) is 14.1. The predicted molar refractivity (Wildman–Crippen MR) is 80.4 cm³/mol. The quantitative estimate of drug-likeness (QED) is 0.774. The summed E-state index contributed by atoms with van der Waals surface area (Å²) >= 11 is 3.46. The smallest absolute Gasteiger partial charge is 0.223 e. The minimum atomic E-state index is -0.338. The fourth-order valence-electron chi connectivity index (χ4n) is 2.88. The molecule has 1 heterocycles. The molecular weight excluding hydrogens is 320 g/mol. The molecule has 1 saturated carbocycles. The number of hydrogen-bond donors (Lipinski definition) is 3. The Bertz CT molecular complexity index is 508. The molecule has 2 fully saturated rings. The Balaban J connectivity index is 1.50. The Morgan fingerprint density at radius 1 is 1.45 bits per heavy atom. The monoisotopic (exact) mass is 338 g/mol. The Morgan fingerprint density at radius 2 is 2.30 bits per heavy atom. The number of β-amino-alcohol motifs (C(OH)–C–C–N with tert-alkyl or cyclic N) is 1. The van der Waals surface area contributed by atoms with E-state index in [0.29, 0.717) is 19.0 Å². The van der Waals surface area contributed by atoms with Gasteiger partial charge in [0.05, 0.1) is 6.10 Å². The molecule has 0 spiro atoms. The number of nitrogens with one attached hydrogen (secondary N) is 2. The summed E-state index contributed by atoms with van der Waals surface area (Å²) in [5, 5.41) is 15.8. The summed E-state index contributed by atoms with van der Waals surface area (Å²) in [5.41, 5.74) is 1.22. The van der Waals surface area contributed by atoms with Gasteiger partial charge < -0.3 is 15.7 Å². The number of amides is 1. The van der Waals surface area contributed by atoms with Gasteiger partial charge in [-0.15, -0.1) is 0 Å². The summed E-state index contributed by atoms with van der Waals surface area (Å²) < 4.78 is 1.06. The van der Waals surface area contributed by atoms with Crippen LogP contribution in [-0.4, -0.2) is 36.8 Å². The first-order valence-corrected chi connectivity index (χ1v) is 7.86. The third-order valence-corrected chi connectivity index (χ3v) is 4.74. The molecule has 3 N–H and O–H groups in total. The Kier molecular flexibility index (Phi) is 4.10. The zero-order valence-corrected chi connectivity index (χ0v) is 12.8. The number of aliphatic hydroxyl groups excluding tert-OH is 1. The van der Waals surface area contributed by atoms with Crippen LogP contribution < -0.4 is 10.6 Å². The highest BCUT2D eigenvalue weighted by atomic mass is 79.9. The first kappa shape index (κ1) is 14.0. The highest BCUT2D eigenvalue weighted by molar-refractivity contribution is 9.10. The first-order chi connectivity index (χ1) is 9.65. The van der Waals surface area contributed by atoms with Crippen LogP contribution in [0.2, 0.25) is 0 Å². The van der Waals surface area contributed by atoms with E-state index in [2.05, 4.69) is 38.7 Å². The number of carbonyl (C=O) groups is 1. The van der Waals surface area contributed by atoms with Crippen LogP contribution in [0, 0.1) is 11.8 Å². The molecule has 4 atom stereocenters. The van der Waals surface area contributed by atoms with Crippen LogP contribution in [0.1, 0.15) is 17.9 Å². The van der Waals surface area contributed by atoms with Crippen molar-refractivity contribution in [2.45, 2.75) is 18.4 Å². The molecule has 1 aromatic carbocycles. The van der Waals surface area contributed by atoms with Gasteiger partial charge in [-0.2, -0.15) is 0 Å². The normalized spacial score (nSPS) is 32.1. The minimum absolute atomic E-state index is 0.0933. The lowest BCUT2D eigenvalue weighted by atomic mass is 10.1. The molecule has 1 aliphatic carbocycles. The van der Waals surface area contributed by atoms with E-state index in [4.69, 9.17) is 0 Å². The van der Waals surface area contributed by atoms with Gasteiger partial charge in [-0.1, -0.05) is 28.1 Å². The molecule has 20 heavy (non-hydrogen) atoms. The summed E-state index contributed by atoms with van der Waals surface area (Å²) in [6, 6.07) is 8.17. The minimum Gasteiger partial charge on any atom is -0.391 e. The van der Waals surface area contributed by atoms with Gasteiger partial charge in [0.2, 0.25) is 5.91 Å². The van der Waals surface area contributed by atoms with Crippen molar-refractivity contribution in [2.24, 2.45) is 11.8 Å². The van der Waals surface area contributed by atoms with E-state index in [0.717, 1.165) is 17.4 Å². The fraction of sp³-hybridized carbons (Fsp3) is 0.533. The number of hydrogen-bond acceptors (Lipinski definition) is 3. The summed E-state index contributed by atoms with van der Waals surface area (Å²) in [4.78, 5) is 12.1.